The summed E-state index contributed by atoms with van der Waals surface area (Å²) < 4.78 is 1.80. The fourth-order valence-corrected chi connectivity index (χ4v) is 3.99. The van der Waals surface area contributed by atoms with Crippen LogP contribution in [0.15, 0.2) is 30.3 Å². The zero-order valence-electron chi connectivity index (χ0n) is 17.0. The van der Waals surface area contributed by atoms with Crippen LogP contribution in [0.4, 0.5) is 0 Å². The van der Waals surface area contributed by atoms with Crippen molar-refractivity contribution in [1.29, 1.82) is 0 Å². The molecular weight excluding hydrogens is 366 g/mol. The molecule has 0 spiro atoms. The molecule has 1 fully saturated rings. The molecule has 1 aromatic carbocycles. The van der Waals surface area contributed by atoms with Gasteiger partial charge in [-0.2, -0.15) is 5.10 Å². The number of nitrogens with two attached hydrogens (primary N) is 1. The van der Waals surface area contributed by atoms with Crippen LogP contribution in [0.2, 0.25) is 0 Å². The van der Waals surface area contributed by atoms with Gasteiger partial charge in [-0.15, -0.1) is 0 Å². The van der Waals surface area contributed by atoms with Gasteiger partial charge in [-0.1, -0.05) is 17.7 Å². The predicted octanol–water partition coefficient (Wildman–Crippen LogP) is 2.68. The van der Waals surface area contributed by atoms with Gasteiger partial charge in [0, 0.05) is 24.7 Å². The van der Waals surface area contributed by atoms with Gasteiger partial charge in [-0.05, 0) is 51.8 Å². The first-order chi connectivity index (χ1) is 13.8. The van der Waals surface area contributed by atoms with Gasteiger partial charge in [-0.3, -0.25) is 9.59 Å². The van der Waals surface area contributed by atoms with E-state index in [4.69, 9.17) is 5.73 Å². The quantitative estimate of drug-likeness (QED) is 0.743. The van der Waals surface area contributed by atoms with E-state index in [9.17, 15) is 9.59 Å². The minimum Gasteiger partial charge on any atom is -0.369 e. The predicted molar refractivity (Wildman–Crippen MR) is 111 cm³/mol. The van der Waals surface area contributed by atoms with E-state index in [1.807, 2.05) is 51.1 Å². The summed E-state index contributed by atoms with van der Waals surface area (Å²) in [5.74, 6) is -0.478. The first kappa shape index (κ1) is 19.1. The van der Waals surface area contributed by atoms with Crippen molar-refractivity contribution in [3.8, 4) is 5.69 Å². The number of aryl methyl sites for hydroxylation is 3. The molecule has 1 aliphatic rings. The number of hydrogen-bond acceptors (Lipinski definition) is 4. The number of likely N-dealkylation sites (tertiary alicyclic amines) is 1. The number of carbonyl (C=O) groups is 2. The van der Waals surface area contributed by atoms with Gasteiger partial charge in [0.05, 0.1) is 22.3 Å². The molecule has 2 aromatic heterocycles. The Morgan fingerprint density at radius 2 is 1.72 bits per heavy atom. The minimum atomic E-state index is -0.283. The number of nitrogens with zero attached hydrogens (tertiary/aromatic N) is 4. The summed E-state index contributed by atoms with van der Waals surface area (Å²) in [5, 5.41) is 5.45. The fourth-order valence-electron chi connectivity index (χ4n) is 3.99. The molecule has 1 aliphatic heterocycles. The van der Waals surface area contributed by atoms with Gasteiger partial charge in [0.15, 0.2) is 5.65 Å². The van der Waals surface area contributed by atoms with Crippen LogP contribution >= 0.6 is 0 Å². The second-order valence-electron chi connectivity index (χ2n) is 7.81. The Morgan fingerprint density at radius 1 is 1.07 bits per heavy atom. The zero-order chi connectivity index (χ0) is 20.7. The second-order valence-corrected chi connectivity index (χ2v) is 7.81. The summed E-state index contributed by atoms with van der Waals surface area (Å²) in [6, 6.07) is 9.90. The first-order valence-corrected chi connectivity index (χ1v) is 9.87. The van der Waals surface area contributed by atoms with Crippen molar-refractivity contribution in [2.45, 2.75) is 33.6 Å². The molecule has 0 saturated carbocycles. The highest BCUT2D eigenvalue weighted by Gasteiger charge is 2.28. The lowest BCUT2D eigenvalue weighted by atomic mass is 9.95. The second kappa shape index (κ2) is 7.31. The number of primary amides is 1. The van der Waals surface area contributed by atoms with Gasteiger partial charge in [0.2, 0.25) is 5.91 Å². The molecule has 1 saturated heterocycles. The average molecular weight is 391 g/mol. The van der Waals surface area contributed by atoms with Crippen LogP contribution in [0.25, 0.3) is 16.7 Å². The Morgan fingerprint density at radius 3 is 2.34 bits per heavy atom. The van der Waals surface area contributed by atoms with Gasteiger partial charge in [-0.25, -0.2) is 9.67 Å². The topological polar surface area (TPSA) is 94.1 Å². The number of rotatable bonds is 3. The van der Waals surface area contributed by atoms with E-state index >= 15 is 0 Å². The SMILES string of the molecule is Cc1ccc(-n2nc(C)c3c(C(=O)N4CCC(C(N)=O)CC4)cc(C)nc32)cc1. The van der Waals surface area contributed by atoms with E-state index < -0.39 is 0 Å². The molecule has 4 rings (SSSR count). The van der Waals surface area contributed by atoms with Crippen LogP contribution in [-0.2, 0) is 4.79 Å². The summed E-state index contributed by atoms with van der Waals surface area (Å²) in [6.07, 6.45) is 1.21. The highest BCUT2D eigenvalue weighted by molar-refractivity contribution is 6.06. The highest BCUT2D eigenvalue weighted by Crippen LogP contribution is 2.27. The zero-order valence-corrected chi connectivity index (χ0v) is 17.0. The van der Waals surface area contributed by atoms with Crippen LogP contribution in [0.1, 0.15) is 40.2 Å². The largest absolute Gasteiger partial charge is 0.369 e. The van der Waals surface area contributed by atoms with E-state index in [-0.39, 0.29) is 17.7 Å². The minimum absolute atomic E-state index is 0.0463. The number of piperidine rings is 1. The summed E-state index contributed by atoms with van der Waals surface area (Å²) >= 11 is 0. The highest BCUT2D eigenvalue weighted by atomic mass is 16.2. The Bertz CT molecular complexity index is 1090. The number of pyridine rings is 1. The van der Waals surface area contributed by atoms with Crippen molar-refractivity contribution in [2.24, 2.45) is 11.7 Å². The number of fused-ring (bicyclic) bond motifs is 1. The molecule has 3 heterocycles. The fraction of sp³-hybridized carbons (Fsp3) is 0.364. The Kier molecular flexibility index (Phi) is 4.82. The molecule has 7 heteroatoms. The Hall–Kier alpha value is -3.22. The molecule has 0 aliphatic carbocycles. The van der Waals surface area contributed by atoms with E-state index in [1.54, 1.807) is 9.58 Å². The summed E-state index contributed by atoms with van der Waals surface area (Å²) in [7, 11) is 0. The molecule has 2 amide bonds. The van der Waals surface area contributed by atoms with Crippen LogP contribution in [-0.4, -0.2) is 44.6 Å². The molecule has 0 bridgehead atoms. The smallest absolute Gasteiger partial charge is 0.254 e. The number of benzene rings is 1. The van der Waals surface area contributed by atoms with Crippen molar-refractivity contribution in [3.63, 3.8) is 0 Å². The Balaban J connectivity index is 1.75. The number of aromatic nitrogens is 3. The van der Waals surface area contributed by atoms with E-state index in [0.717, 1.165) is 22.5 Å². The average Bonchev–Trinajstić information content (AvgIpc) is 3.03. The molecule has 3 aromatic rings. The van der Waals surface area contributed by atoms with Gasteiger partial charge in [0.1, 0.15) is 0 Å². The maximum Gasteiger partial charge on any atom is 0.254 e. The van der Waals surface area contributed by atoms with Gasteiger partial charge >= 0.3 is 0 Å². The lowest BCUT2D eigenvalue weighted by molar-refractivity contribution is -0.123. The van der Waals surface area contributed by atoms with Crippen LogP contribution in [0, 0.1) is 26.7 Å². The third-order valence-electron chi connectivity index (χ3n) is 5.63. The van der Waals surface area contributed by atoms with Crippen LogP contribution < -0.4 is 5.73 Å². The normalized spacial score (nSPS) is 15.1. The van der Waals surface area contributed by atoms with E-state index in [1.165, 1.54) is 5.56 Å². The monoisotopic (exact) mass is 391 g/mol. The molecule has 0 unspecified atom stereocenters. The van der Waals surface area contributed by atoms with Gasteiger partial charge < -0.3 is 10.6 Å². The summed E-state index contributed by atoms with van der Waals surface area (Å²) in [5.41, 5.74) is 10.3. The van der Waals surface area contributed by atoms with Crippen LogP contribution in [0.3, 0.4) is 0 Å². The summed E-state index contributed by atoms with van der Waals surface area (Å²) in [6.45, 7) is 6.88. The molecule has 150 valence electrons. The van der Waals surface area contributed by atoms with E-state index in [2.05, 4.69) is 10.1 Å². The third kappa shape index (κ3) is 3.48. The maximum absolute atomic E-state index is 13.3. The first-order valence-electron chi connectivity index (χ1n) is 9.87. The molecule has 7 nitrogen and oxygen atoms in total. The van der Waals surface area contributed by atoms with Crippen molar-refractivity contribution in [2.75, 3.05) is 13.1 Å². The van der Waals surface area contributed by atoms with Crippen molar-refractivity contribution in [1.82, 2.24) is 19.7 Å². The Labute approximate surface area is 169 Å². The van der Waals surface area contributed by atoms with Crippen molar-refractivity contribution >= 4 is 22.8 Å². The van der Waals surface area contributed by atoms with Gasteiger partial charge in [0.25, 0.3) is 5.91 Å². The molecule has 29 heavy (non-hydrogen) atoms. The molecule has 2 N–H and O–H groups in total. The van der Waals surface area contributed by atoms with E-state index in [0.29, 0.717) is 37.1 Å². The molecule has 0 atom stereocenters. The third-order valence-corrected chi connectivity index (χ3v) is 5.63. The molecular formula is C22H25N5O2. The maximum atomic E-state index is 13.3. The van der Waals surface area contributed by atoms with Crippen molar-refractivity contribution < 1.29 is 9.59 Å². The standard InChI is InChI=1S/C22H25N5O2/c1-13-4-6-17(7-5-13)27-21-19(15(3)25-27)18(12-14(2)24-21)22(29)26-10-8-16(9-11-26)20(23)28/h4-7,12,16H,8-11H2,1-3H3,(H2,23,28). The number of amides is 2. The number of carbonyl (C=O) groups excluding carboxylic acids is 2. The van der Waals surface area contributed by atoms with Crippen molar-refractivity contribution in [3.05, 3.63) is 52.8 Å². The lowest BCUT2D eigenvalue weighted by Crippen LogP contribution is -2.41. The van der Waals surface area contributed by atoms with Crippen LogP contribution in [0.5, 0.6) is 0 Å². The summed E-state index contributed by atoms with van der Waals surface area (Å²) in [4.78, 5) is 31.2. The molecule has 0 radical (unpaired) electrons. The lowest BCUT2D eigenvalue weighted by Gasteiger charge is -2.30. The number of hydrogen-bond donors (Lipinski definition) is 1.